The Morgan fingerprint density at radius 2 is 1.83 bits per heavy atom. The number of carbonyl (C=O) groups is 3. The second-order valence-corrected chi connectivity index (χ2v) is 10.7. The number of amides is 2. The Morgan fingerprint density at radius 3 is 2.50 bits per heavy atom. The zero-order chi connectivity index (χ0) is 30.5. The van der Waals surface area contributed by atoms with Crippen LogP contribution in [0.5, 0.6) is 0 Å². The Balaban J connectivity index is 1.63. The van der Waals surface area contributed by atoms with Crippen molar-refractivity contribution in [1.29, 1.82) is 5.41 Å². The molecule has 0 aliphatic rings. The van der Waals surface area contributed by atoms with Gasteiger partial charge in [-0.1, -0.05) is 38.0 Å². The van der Waals surface area contributed by atoms with Gasteiger partial charge in [-0.3, -0.25) is 9.59 Å². The number of nitrogens with one attached hydrogen (secondary N) is 4. The zero-order valence-electron chi connectivity index (χ0n) is 24.3. The number of ether oxygens (including phenoxy) is 1. The summed E-state index contributed by atoms with van der Waals surface area (Å²) in [7, 11) is 0. The molecular weight excluding hydrogens is 554 g/mol. The number of aryl methyl sites for hydroxylation is 3. The maximum Gasteiger partial charge on any atom is 0.330 e. The van der Waals surface area contributed by atoms with Gasteiger partial charge in [-0.15, -0.1) is 11.3 Å². The quantitative estimate of drug-likeness (QED) is 0.0716. The summed E-state index contributed by atoms with van der Waals surface area (Å²) in [5.41, 5.74) is 9.42. The van der Waals surface area contributed by atoms with Gasteiger partial charge in [0.2, 0.25) is 5.95 Å². The molecule has 0 aliphatic carbocycles. The molecule has 0 radical (unpaired) electrons. The first-order valence-electron chi connectivity index (χ1n) is 14.0. The number of aromatic nitrogens is 2. The monoisotopic (exact) mass is 593 g/mol. The maximum atomic E-state index is 13.3. The summed E-state index contributed by atoms with van der Waals surface area (Å²) in [6.45, 7) is 6.14. The highest BCUT2D eigenvalue weighted by Crippen LogP contribution is 2.17. The van der Waals surface area contributed by atoms with E-state index in [9.17, 15) is 14.4 Å². The molecule has 2 aromatic heterocycles. The molecule has 1 atom stereocenters. The first kappa shape index (κ1) is 32.2. The number of unbranched alkanes of at least 4 members (excludes halogenated alkanes) is 2. The van der Waals surface area contributed by atoms with Crippen LogP contribution in [0.1, 0.15) is 75.2 Å². The number of carbonyl (C=O) groups excluding carboxylic acids is 3. The van der Waals surface area contributed by atoms with Gasteiger partial charge in [-0.05, 0) is 56.2 Å². The fraction of sp³-hybridized carbons (Fsp3) is 0.400. The van der Waals surface area contributed by atoms with Crippen molar-refractivity contribution in [3.05, 3.63) is 68.7 Å². The number of hydrogen-bond donors (Lipinski definition) is 5. The minimum absolute atomic E-state index is 0.125. The summed E-state index contributed by atoms with van der Waals surface area (Å²) in [4.78, 5) is 48.0. The molecule has 0 fully saturated rings. The number of nitrogens with zero attached hydrogens (tertiary/aromatic N) is 2. The Kier molecular flexibility index (Phi) is 12.4. The van der Waals surface area contributed by atoms with Crippen molar-refractivity contribution in [1.82, 2.24) is 20.6 Å². The van der Waals surface area contributed by atoms with Crippen molar-refractivity contribution in [3.8, 4) is 0 Å². The van der Waals surface area contributed by atoms with E-state index in [1.807, 2.05) is 12.1 Å². The molecular formula is C30H39N7O4S. The first-order chi connectivity index (χ1) is 20.2. The van der Waals surface area contributed by atoms with E-state index in [4.69, 9.17) is 15.9 Å². The highest BCUT2D eigenvalue weighted by molar-refractivity contribution is 7.12. The summed E-state index contributed by atoms with van der Waals surface area (Å²) in [6.07, 6.45) is 5.36. The van der Waals surface area contributed by atoms with Crippen molar-refractivity contribution in [3.63, 3.8) is 0 Å². The minimum atomic E-state index is -1.09. The average Bonchev–Trinajstić information content (AvgIpc) is 3.50. The van der Waals surface area contributed by atoms with Crippen LogP contribution < -0.4 is 21.7 Å². The van der Waals surface area contributed by atoms with Crippen LogP contribution in [0.3, 0.4) is 0 Å². The molecule has 0 saturated carbocycles. The van der Waals surface area contributed by atoms with Gasteiger partial charge in [0.15, 0.2) is 0 Å². The molecule has 0 unspecified atom stereocenters. The van der Waals surface area contributed by atoms with Gasteiger partial charge < -0.3 is 31.8 Å². The van der Waals surface area contributed by atoms with E-state index in [0.717, 1.165) is 36.8 Å². The van der Waals surface area contributed by atoms with Gasteiger partial charge in [0.1, 0.15) is 6.04 Å². The predicted molar refractivity (Wildman–Crippen MR) is 165 cm³/mol. The molecule has 6 N–H and O–H groups in total. The lowest BCUT2D eigenvalue weighted by Crippen LogP contribution is -2.49. The number of benzene rings is 1. The molecule has 0 aliphatic heterocycles. The Labute approximate surface area is 250 Å². The standard InChI is InChI=1S/C30H39N7O4S/c1-4-5-6-15-41-29(40)24(18-34-27(38)25-13-9-16-42-25)37-28(39)26-19(2)35-30(36-20(26)3)33-14-8-11-21-10-7-12-23(32)22(21)17-31/h7,9-10,12-13,16-17,24,31H,4-6,8,11,14-15,18,32H2,1-3H3,(H,34,38)(H,37,39)(H,33,35,36)/t24-/m0/s1. The summed E-state index contributed by atoms with van der Waals surface area (Å²) >= 11 is 1.28. The van der Waals surface area contributed by atoms with Crippen molar-refractivity contribution in [2.75, 3.05) is 30.7 Å². The maximum absolute atomic E-state index is 13.3. The van der Waals surface area contributed by atoms with E-state index in [1.54, 1.807) is 37.4 Å². The topological polar surface area (TPSA) is 172 Å². The second kappa shape index (κ2) is 16.2. The highest BCUT2D eigenvalue weighted by Gasteiger charge is 2.26. The van der Waals surface area contributed by atoms with Gasteiger partial charge in [0.25, 0.3) is 11.8 Å². The largest absolute Gasteiger partial charge is 0.464 e. The predicted octanol–water partition coefficient (Wildman–Crippen LogP) is 4.04. The number of esters is 1. The first-order valence-corrected chi connectivity index (χ1v) is 14.9. The van der Waals surface area contributed by atoms with E-state index in [-0.39, 0.29) is 24.6 Å². The number of nitrogen functional groups attached to an aromatic ring is 1. The van der Waals surface area contributed by atoms with Gasteiger partial charge >= 0.3 is 5.97 Å². The average molecular weight is 594 g/mol. The molecule has 42 heavy (non-hydrogen) atoms. The molecule has 2 amide bonds. The van der Waals surface area contributed by atoms with Crippen molar-refractivity contribution in [2.45, 2.75) is 58.9 Å². The van der Waals surface area contributed by atoms with Crippen LogP contribution in [0.2, 0.25) is 0 Å². The van der Waals surface area contributed by atoms with Gasteiger partial charge in [0.05, 0.1) is 28.4 Å². The van der Waals surface area contributed by atoms with Crippen LogP contribution in [0.4, 0.5) is 11.6 Å². The molecule has 0 bridgehead atoms. The molecule has 3 aromatic rings. The molecule has 0 saturated heterocycles. The zero-order valence-corrected chi connectivity index (χ0v) is 25.1. The van der Waals surface area contributed by atoms with Crippen molar-refractivity contribution >= 4 is 47.0 Å². The SMILES string of the molecule is CCCCCOC(=O)[C@H](CNC(=O)c1cccs1)NC(=O)c1c(C)nc(NCCCc2cccc(N)c2C=N)nc1C. The third-order valence-corrected chi connectivity index (χ3v) is 7.44. The molecule has 2 heterocycles. The number of rotatable bonds is 16. The van der Waals surface area contributed by atoms with Gasteiger partial charge in [-0.2, -0.15) is 0 Å². The molecule has 11 nitrogen and oxygen atoms in total. The third-order valence-electron chi connectivity index (χ3n) is 6.57. The number of anilines is 2. The summed E-state index contributed by atoms with van der Waals surface area (Å²) in [5, 5.41) is 18.0. The van der Waals surface area contributed by atoms with Gasteiger partial charge in [0, 0.05) is 30.6 Å². The van der Waals surface area contributed by atoms with E-state index >= 15 is 0 Å². The van der Waals surface area contributed by atoms with Crippen LogP contribution in [0.25, 0.3) is 0 Å². The molecule has 3 rings (SSSR count). The Bertz CT molecular complexity index is 1350. The molecule has 0 spiro atoms. The molecule has 1 aromatic carbocycles. The van der Waals surface area contributed by atoms with E-state index in [2.05, 4.69) is 32.8 Å². The van der Waals surface area contributed by atoms with Crippen LogP contribution in [-0.2, 0) is 16.0 Å². The fourth-order valence-electron chi connectivity index (χ4n) is 4.37. The second-order valence-electron chi connectivity index (χ2n) is 9.78. The van der Waals surface area contributed by atoms with Crippen LogP contribution in [-0.4, -0.2) is 59.7 Å². The smallest absolute Gasteiger partial charge is 0.330 e. The van der Waals surface area contributed by atoms with E-state index < -0.39 is 17.9 Å². The lowest BCUT2D eigenvalue weighted by atomic mass is 10.0. The van der Waals surface area contributed by atoms with Crippen LogP contribution in [0, 0.1) is 19.3 Å². The highest BCUT2D eigenvalue weighted by atomic mass is 32.1. The van der Waals surface area contributed by atoms with E-state index in [0.29, 0.717) is 40.9 Å². The van der Waals surface area contributed by atoms with Crippen LogP contribution in [0.15, 0.2) is 35.7 Å². The minimum Gasteiger partial charge on any atom is -0.464 e. The lowest BCUT2D eigenvalue weighted by molar-refractivity contribution is -0.145. The van der Waals surface area contributed by atoms with Crippen LogP contribution >= 0.6 is 11.3 Å². The number of hydrogen-bond acceptors (Lipinski definition) is 10. The Hall–Kier alpha value is -4.32. The van der Waals surface area contributed by atoms with Crippen molar-refractivity contribution in [2.24, 2.45) is 0 Å². The van der Waals surface area contributed by atoms with Crippen molar-refractivity contribution < 1.29 is 19.1 Å². The fourth-order valence-corrected chi connectivity index (χ4v) is 5.01. The van der Waals surface area contributed by atoms with E-state index in [1.165, 1.54) is 17.6 Å². The molecule has 224 valence electrons. The number of nitrogens with two attached hydrogens (primary N) is 1. The molecule has 12 heteroatoms. The Morgan fingerprint density at radius 1 is 1.07 bits per heavy atom. The lowest BCUT2D eigenvalue weighted by Gasteiger charge is -2.19. The summed E-state index contributed by atoms with van der Waals surface area (Å²) in [6, 6.07) is 7.96. The third kappa shape index (κ3) is 9.10. The summed E-state index contributed by atoms with van der Waals surface area (Å²) < 4.78 is 5.39. The normalized spacial score (nSPS) is 11.4. The number of thiophene rings is 1. The summed E-state index contributed by atoms with van der Waals surface area (Å²) in [5.74, 6) is -1.10. The van der Waals surface area contributed by atoms with Gasteiger partial charge in [-0.25, -0.2) is 14.8 Å².